The van der Waals surface area contributed by atoms with Crippen LogP contribution in [0.3, 0.4) is 0 Å². The molecule has 0 N–H and O–H groups in total. The summed E-state index contributed by atoms with van der Waals surface area (Å²) in [6, 6.07) is 15.4. The first kappa shape index (κ1) is 14.1. The van der Waals surface area contributed by atoms with Gasteiger partial charge in [-0.2, -0.15) is 0 Å². The third-order valence-corrected chi connectivity index (χ3v) is 6.46. The minimum absolute atomic E-state index is 0.467. The SMILES string of the molecule is CC1(C(Br)Cc2cccc3ccccc23)CCCCC1. The molecule has 1 unspecified atom stereocenters. The molecule has 1 heteroatoms. The second-order valence-electron chi connectivity index (χ2n) is 6.52. The third-order valence-electron chi connectivity index (χ3n) is 5.03. The summed E-state index contributed by atoms with van der Waals surface area (Å²) in [6.07, 6.45) is 8.09. The van der Waals surface area contributed by atoms with E-state index >= 15 is 0 Å². The summed E-state index contributed by atoms with van der Waals surface area (Å²) in [5.74, 6) is 0. The minimum Gasteiger partial charge on any atom is -0.0881 e. The highest BCUT2D eigenvalue weighted by Gasteiger charge is 2.33. The van der Waals surface area contributed by atoms with Gasteiger partial charge in [-0.15, -0.1) is 0 Å². The molecule has 2 aromatic carbocycles. The van der Waals surface area contributed by atoms with Crippen LogP contribution in [0.5, 0.6) is 0 Å². The Bertz CT molecular complexity index is 576. The number of rotatable bonds is 3. The number of halogens is 1. The lowest BCUT2D eigenvalue weighted by Crippen LogP contribution is -2.31. The fraction of sp³-hybridized carbons (Fsp3) is 0.474. The van der Waals surface area contributed by atoms with Gasteiger partial charge in [0.2, 0.25) is 0 Å². The van der Waals surface area contributed by atoms with Gasteiger partial charge in [-0.25, -0.2) is 0 Å². The summed E-state index contributed by atoms with van der Waals surface area (Å²) < 4.78 is 0. The monoisotopic (exact) mass is 330 g/mol. The largest absolute Gasteiger partial charge is 0.0881 e. The van der Waals surface area contributed by atoms with Crippen LogP contribution in [0.1, 0.15) is 44.6 Å². The van der Waals surface area contributed by atoms with E-state index in [1.54, 1.807) is 0 Å². The van der Waals surface area contributed by atoms with E-state index in [9.17, 15) is 0 Å². The van der Waals surface area contributed by atoms with Gasteiger partial charge in [0.15, 0.2) is 0 Å². The van der Waals surface area contributed by atoms with Crippen molar-refractivity contribution in [3.05, 3.63) is 48.0 Å². The zero-order chi connectivity index (χ0) is 14.0. The van der Waals surface area contributed by atoms with Crippen molar-refractivity contribution in [2.45, 2.75) is 50.3 Å². The molecule has 0 saturated heterocycles. The molecule has 3 rings (SSSR count). The molecular formula is C19H23Br. The Labute approximate surface area is 130 Å². The zero-order valence-corrected chi connectivity index (χ0v) is 13.8. The van der Waals surface area contributed by atoms with E-state index in [4.69, 9.17) is 0 Å². The lowest BCUT2D eigenvalue weighted by Gasteiger charge is -2.38. The predicted molar refractivity (Wildman–Crippen MR) is 91.6 cm³/mol. The number of fused-ring (bicyclic) bond motifs is 1. The van der Waals surface area contributed by atoms with Crippen molar-refractivity contribution >= 4 is 26.7 Å². The zero-order valence-electron chi connectivity index (χ0n) is 12.2. The highest BCUT2D eigenvalue weighted by atomic mass is 79.9. The number of benzene rings is 2. The van der Waals surface area contributed by atoms with Gasteiger partial charge < -0.3 is 0 Å². The Morgan fingerprint density at radius 1 is 1.00 bits per heavy atom. The van der Waals surface area contributed by atoms with Gasteiger partial charge >= 0.3 is 0 Å². The van der Waals surface area contributed by atoms with Gasteiger partial charge in [-0.05, 0) is 41.0 Å². The number of alkyl halides is 1. The van der Waals surface area contributed by atoms with E-state index in [1.807, 2.05) is 0 Å². The van der Waals surface area contributed by atoms with Gasteiger partial charge in [-0.1, -0.05) is 84.6 Å². The molecule has 1 atom stereocenters. The maximum Gasteiger partial charge on any atom is 0.0240 e. The second-order valence-corrected chi connectivity index (χ2v) is 7.63. The van der Waals surface area contributed by atoms with Gasteiger partial charge in [0.25, 0.3) is 0 Å². The third kappa shape index (κ3) is 2.79. The summed E-state index contributed by atoms with van der Waals surface area (Å²) in [5, 5.41) is 2.78. The molecule has 1 fully saturated rings. The highest BCUT2D eigenvalue weighted by molar-refractivity contribution is 9.09. The smallest absolute Gasteiger partial charge is 0.0240 e. The van der Waals surface area contributed by atoms with Crippen LogP contribution in [0.4, 0.5) is 0 Å². The van der Waals surface area contributed by atoms with Gasteiger partial charge in [-0.3, -0.25) is 0 Å². The maximum absolute atomic E-state index is 4.02. The van der Waals surface area contributed by atoms with Gasteiger partial charge in [0.05, 0.1) is 0 Å². The van der Waals surface area contributed by atoms with Crippen molar-refractivity contribution in [1.29, 1.82) is 0 Å². The van der Waals surface area contributed by atoms with Crippen molar-refractivity contribution in [3.63, 3.8) is 0 Å². The molecular weight excluding hydrogens is 308 g/mol. The maximum atomic E-state index is 4.02. The highest BCUT2D eigenvalue weighted by Crippen LogP contribution is 2.43. The topological polar surface area (TPSA) is 0 Å². The predicted octanol–water partition coefficient (Wildman–Crippen LogP) is 6.12. The first-order chi connectivity index (χ1) is 9.69. The molecule has 0 heterocycles. The van der Waals surface area contributed by atoms with Crippen LogP contribution >= 0.6 is 15.9 Å². The number of hydrogen-bond donors (Lipinski definition) is 0. The lowest BCUT2D eigenvalue weighted by atomic mass is 9.72. The van der Waals surface area contributed by atoms with E-state index in [0.717, 1.165) is 6.42 Å². The van der Waals surface area contributed by atoms with E-state index in [0.29, 0.717) is 10.2 Å². The standard InChI is InChI=1S/C19H23Br/c1-19(12-5-2-6-13-19)18(20)14-16-10-7-9-15-8-3-4-11-17(15)16/h3-4,7-11,18H,2,5-6,12-14H2,1H3. The van der Waals surface area contributed by atoms with E-state index in [2.05, 4.69) is 65.3 Å². The Hall–Kier alpha value is -0.820. The fourth-order valence-electron chi connectivity index (χ4n) is 3.58. The molecule has 2 aromatic rings. The second kappa shape index (κ2) is 5.89. The van der Waals surface area contributed by atoms with E-state index < -0.39 is 0 Å². The molecule has 106 valence electrons. The molecule has 0 spiro atoms. The molecule has 0 nitrogen and oxygen atoms in total. The average Bonchev–Trinajstić information content (AvgIpc) is 2.48. The van der Waals surface area contributed by atoms with Crippen molar-refractivity contribution in [2.24, 2.45) is 5.41 Å². The van der Waals surface area contributed by atoms with Gasteiger partial charge in [0.1, 0.15) is 0 Å². The summed E-state index contributed by atoms with van der Waals surface area (Å²) in [5.41, 5.74) is 1.95. The molecule has 0 aliphatic heterocycles. The van der Waals surface area contributed by atoms with Gasteiger partial charge in [0, 0.05) is 4.83 Å². The molecule has 1 aliphatic carbocycles. The lowest BCUT2D eigenvalue weighted by molar-refractivity contribution is 0.211. The summed E-state index contributed by atoms with van der Waals surface area (Å²) in [4.78, 5) is 0.584. The van der Waals surface area contributed by atoms with Crippen molar-refractivity contribution in [3.8, 4) is 0 Å². The molecule has 1 aliphatic rings. The molecule has 0 radical (unpaired) electrons. The Morgan fingerprint density at radius 3 is 2.50 bits per heavy atom. The fourth-order valence-corrected chi connectivity index (χ4v) is 4.39. The average molecular weight is 331 g/mol. The number of hydrogen-bond acceptors (Lipinski definition) is 0. The van der Waals surface area contributed by atoms with Crippen LogP contribution in [-0.4, -0.2) is 4.83 Å². The molecule has 1 saturated carbocycles. The first-order valence-corrected chi connectivity index (χ1v) is 8.71. The summed E-state index contributed by atoms with van der Waals surface area (Å²) in [6.45, 7) is 2.47. The first-order valence-electron chi connectivity index (χ1n) is 7.80. The van der Waals surface area contributed by atoms with Crippen molar-refractivity contribution in [1.82, 2.24) is 0 Å². The summed E-state index contributed by atoms with van der Waals surface area (Å²) >= 11 is 4.02. The summed E-state index contributed by atoms with van der Waals surface area (Å²) in [7, 11) is 0. The molecule has 20 heavy (non-hydrogen) atoms. The quantitative estimate of drug-likeness (QED) is 0.595. The van der Waals surface area contributed by atoms with E-state index in [-0.39, 0.29) is 0 Å². The molecule has 0 amide bonds. The minimum atomic E-state index is 0.467. The van der Waals surface area contributed by atoms with Crippen LogP contribution < -0.4 is 0 Å². The normalized spacial score (nSPS) is 19.9. The van der Waals surface area contributed by atoms with Crippen LogP contribution in [0.25, 0.3) is 10.8 Å². The van der Waals surface area contributed by atoms with E-state index in [1.165, 1.54) is 48.4 Å². The van der Waals surface area contributed by atoms with Crippen LogP contribution in [-0.2, 0) is 6.42 Å². The molecule has 0 aromatic heterocycles. The Kier molecular flexibility index (Phi) is 4.16. The van der Waals surface area contributed by atoms with Crippen molar-refractivity contribution in [2.75, 3.05) is 0 Å². The van der Waals surface area contributed by atoms with Crippen LogP contribution in [0.15, 0.2) is 42.5 Å². The Morgan fingerprint density at radius 2 is 1.70 bits per heavy atom. The van der Waals surface area contributed by atoms with Crippen LogP contribution in [0, 0.1) is 5.41 Å². The molecule has 0 bridgehead atoms. The van der Waals surface area contributed by atoms with Crippen LogP contribution in [0.2, 0.25) is 0 Å². The van der Waals surface area contributed by atoms with Crippen molar-refractivity contribution < 1.29 is 0 Å². The Balaban J connectivity index is 1.85.